The molecule has 7 nitrogen and oxygen atoms in total. The van der Waals surface area contributed by atoms with E-state index in [-0.39, 0.29) is 27.3 Å². The van der Waals surface area contributed by atoms with Crippen molar-refractivity contribution in [2.45, 2.75) is 23.8 Å². The summed E-state index contributed by atoms with van der Waals surface area (Å²) < 4.78 is 26.8. The molecule has 0 unspecified atom stereocenters. The second-order valence-corrected chi connectivity index (χ2v) is 9.57. The number of thioether (sulfide) groups is 1. The van der Waals surface area contributed by atoms with E-state index in [0.717, 1.165) is 10.9 Å². The molecule has 0 saturated carbocycles. The number of amides is 1. The number of fused-ring (bicyclic) bond motifs is 1. The molecule has 0 atom stereocenters. The Kier molecular flexibility index (Phi) is 7.30. The van der Waals surface area contributed by atoms with Gasteiger partial charge in [0, 0.05) is 18.5 Å². The minimum atomic E-state index is -3.65. The molecule has 0 fully saturated rings. The molecular formula is C20H21ClN4O3S2. The Morgan fingerprint density at radius 2 is 1.87 bits per heavy atom. The maximum Gasteiger partial charge on any atom is 0.243 e. The summed E-state index contributed by atoms with van der Waals surface area (Å²) in [4.78, 5) is 21.0. The van der Waals surface area contributed by atoms with Gasteiger partial charge < -0.3 is 5.32 Å². The summed E-state index contributed by atoms with van der Waals surface area (Å²) in [5.74, 6) is -0.230. The number of carbonyl (C=O) groups is 1. The zero-order chi connectivity index (χ0) is 21.7. The molecule has 10 heteroatoms. The van der Waals surface area contributed by atoms with Gasteiger partial charge in [-0.2, -0.15) is 4.31 Å². The maximum absolute atomic E-state index is 12.7. The van der Waals surface area contributed by atoms with Crippen LogP contribution in [0.1, 0.15) is 13.8 Å². The summed E-state index contributed by atoms with van der Waals surface area (Å²) in [6.07, 6.45) is 1.46. The number of hydrogen-bond donors (Lipinski definition) is 1. The van der Waals surface area contributed by atoms with Crippen LogP contribution in [0.2, 0.25) is 5.02 Å². The average molecular weight is 465 g/mol. The molecule has 0 aliphatic heterocycles. The molecule has 0 saturated heterocycles. The van der Waals surface area contributed by atoms with E-state index in [2.05, 4.69) is 15.3 Å². The minimum absolute atomic E-state index is 0.0837. The third-order valence-corrected chi connectivity index (χ3v) is 7.78. The highest BCUT2D eigenvalue weighted by molar-refractivity contribution is 8.00. The number of nitrogens with one attached hydrogen (secondary N) is 1. The molecule has 158 valence electrons. The lowest BCUT2D eigenvalue weighted by atomic mass is 10.2. The average Bonchev–Trinajstić information content (AvgIpc) is 2.74. The first kappa shape index (κ1) is 22.5. The Hall–Kier alpha value is -2.20. The first-order valence-corrected chi connectivity index (χ1v) is 12.1. The number of para-hydroxylation sites is 1. The Morgan fingerprint density at radius 3 is 2.60 bits per heavy atom. The van der Waals surface area contributed by atoms with Crippen LogP contribution in [0.25, 0.3) is 10.9 Å². The Bertz CT molecular complexity index is 1160. The monoisotopic (exact) mass is 464 g/mol. The van der Waals surface area contributed by atoms with Crippen molar-refractivity contribution in [3.05, 3.63) is 53.8 Å². The highest BCUT2D eigenvalue weighted by atomic mass is 35.5. The van der Waals surface area contributed by atoms with Gasteiger partial charge in [0.2, 0.25) is 15.9 Å². The van der Waals surface area contributed by atoms with Crippen LogP contribution in [-0.2, 0) is 14.8 Å². The maximum atomic E-state index is 12.7. The second-order valence-electron chi connectivity index (χ2n) is 6.26. The third kappa shape index (κ3) is 4.92. The van der Waals surface area contributed by atoms with Crippen LogP contribution in [0.4, 0.5) is 5.69 Å². The van der Waals surface area contributed by atoms with E-state index in [1.807, 2.05) is 24.3 Å². The van der Waals surface area contributed by atoms with Crippen molar-refractivity contribution >= 4 is 55.9 Å². The Morgan fingerprint density at radius 1 is 1.13 bits per heavy atom. The van der Waals surface area contributed by atoms with E-state index in [1.54, 1.807) is 13.8 Å². The number of sulfonamides is 1. The number of anilines is 1. The minimum Gasteiger partial charge on any atom is -0.324 e. The topological polar surface area (TPSA) is 92.3 Å². The van der Waals surface area contributed by atoms with Gasteiger partial charge in [-0.05, 0) is 24.3 Å². The van der Waals surface area contributed by atoms with Gasteiger partial charge in [0.1, 0.15) is 11.4 Å². The van der Waals surface area contributed by atoms with E-state index in [1.165, 1.54) is 40.6 Å². The Balaban J connectivity index is 1.75. The molecule has 0 radical (unpaired) electrons. The number of aromatic nitrogens is 2. The molecule has 0 aliphatic rings. The van der Waals surface area contributed by atoms with Crippen LogP contribution in [0.5, 0.6) is 0 Å². The largest absolute Gasteiger partial charge is 0.324 e. The summed E-state index contributed by atoms with van der Waals surface area (Å²) in [6.45, 7) is 4.25. The number of halogens is 1. The molecule has 0 aliphatic carbocycles. The van der Waals surface area contributed by atoms with Gasteiger partial charge in [0.25, 0.3) is 0 Å². The van der Waals surface area contributed by atoms with E-state index in [4.69, 9.17) is 11.6 Å². The van der Waals surface area contributed by atoms with Crippen LogP contribution >= 0.6 is 23.4 Å². The van der Waals surface area contributed by atoms with Crippen molar-refractivity contribution in [2.24, 2.45) is 0 Å². The summed E-state index contributed by atoms with van der Waals surface area (Å²) in [7, 11) is -3.65. The Labute approximate surface area is 184 Å². The van der Waals surface area contributed by atoms with Gasteiger partial charge in [-0.15, -0.1) is 0 Å². The zero-order valence-corrected chi connectivity index (χ0v) is 18.9. The van der Waals surface area contributed by atoms with E-state index in [0.29, 0.717) is 18.1 Å². The smallest absolute Gasteiger partial charge is 0.243 e. The molecule has 0 spiro atoms. The molecule has 1 amide bonds. The molecule has 1 aromatic heterocycles. The van der Waals surface area contributed by atoms with Crippen molar-refractivity contribution < 1.29 is 13.2 Å². The fourth-order valence-corrected chi connectivity index (χ4v) is 5.33. The normalized spacial score (nSPS) is 11.7. The molecule has 0 bridgehead atoms. The van der Waals surface area contributed by atoms with E-state index < -0.39 is 10.0 Å². The standard InChI is InChI=1S/C20H21ClN4O3S2/c1-3-25(4-2)30(27,28)14-9-10-16(21)18(11-14)24-19(26)12-29-20-15-7-5-6-8-17(15)22-13-23-20/h5-11,13H,3-4,12H2,1-2H3,(H,24,26). The van der Waals surface area contributed by atoms with Crippen molar-refractivity contribution in [2.75, 3.05) is 24.2 Å². The molecular weight excluding hydrogens is 444 g/mol. The molecule has 1 N–H and O–H groups in total. The van der Waals surface area contributed by atoms with Gasteiger partial charge >= 0.3 is 0 Å². The number of rotatable bonds is 8. The van der Waals surface area contributed by atoms with E-state index in [9.17, 15) is 13.2 Å². The molecule has 1 heterocycles. The lowest BCUT2D eigenvalue weighted by Crippen LogP contribution is -2.30. The second kappa shape index (κ2) is 9.74. The molecule has 30 heavy (non-hydrogen) atoms. The lowest BCUT2D eigenvalue weighted by molar-refractivity contribution is -0.113. The van der Waals surface area contributed by atoms with Crippen LogP contribution in [0.3, 0.4) is 0 Å². The number of carbonyl (C=O) groups excluding carboxylic acids is 1. The van der Waals surface area contributed by atoms with Crippen molar-refractivity contribution in [3.8, 4) is 0 Å². The third-order valence-electron chi connectivity index (χ3n) is 4.40. The highest BCUT2D eigenvalue weighted by Crippen LogP contribution is 2.28. The fourth-order valence-electron chi connectivity index (χ4n) is 2.89. The van der Waals surface area contributed by atoms with Crippen LogP contribution in [0, 0.1) is 0 Å². The summed E-state index contributed by atoms with van der Waals surface area (Å²) >= 11 is 7.45. The van der Waals surface area contributed by atoms with Crippen molar-refractivity contribution in [1.82, 2.24) is 14.3 Å². The van der Waals surface area contributed by atoms with Gasteiger partial charge in [0.05, 0.1) is 26.9 Å². The summed E-state index contributed by atoms with van der Waals surface area (Å²) in [5, 5.41) is 4.52. The van der Waals surface area contributed by atoms with Crippen LogP contribution in [-0.4, -0.2) is 47.4 Å². The molecule has 3 rings (SSSR count). The molecule has 3 aromatic rings. The van der Waals surface area contributed by atoms with Gasteiger partial charge in [-0.1, -0.05) is 55.4 Å². The van der Waals surface area contributed by atoms with E-state index >= 15 is 0 Å². The number of benzene rings is 2. The number of hydrogen-bond acceptors (Lipinski definition) is 6. The predicted molar refractivity (Wildman–Crippen MR) is 120 cm³/mol. The van der Waals surface area contributed by atoms with Crippen LogP contribution < -0.4 is 5.32 Å². The van der Waals surface area contributed by atoms with Crippen molar-refractivity contribution in [1.29, 1.82) is 0 Å². The predicted octanol–water partition coefficient (Wildman–Crippen LogP) is 4.04. The highest BCUT2D eigenvalue weighted by Gasteiger charge is 2.23. The molecule has 2 aromatic carbocycles. The first-order chi connectivity index (χ1) is 14.4. The number of nitrogens with zero attached hydrogens (tertiary/aromatic N) is 3. The fraction of sp³-hybridized carbons (Fsp3) is 0.250. The first-order valence-electron chi connectivity index (χ1n) is 9.29. The quantitative estimate of drug-likeness (QED) is 0.399. The lowest BCUT2D eigenvalue weighted by Gasteiger charge is -2.19. The zero-order valence-electron chi connectivity index (χ0n) is 16.5. The van der Waals surface area contributed by atoms with Gasteiger partial charge in [0.15, 0.2) is 0 Å². The van der Waals surface area contributed by atoms with Gasteiger partial charge in [-0.3, -0.25) is 4.79 Å². The summed E-state index contributed by atoms with van der Waals surface area (Å²) in [6, 6.07) is 11.8. The summed E-state index contributed by atoms with van der Waals surface area (Å²) in [5.41, 5.74) is 1.05. The van der Waals surface area contributed by atoms with Crippen molar-refractivity contribution in [3.63, 3.8) is 0 Å². The SMILES string of the molecule is CCN(CC)S(=O)(=O)c1ccc(Cl)c(NC(=O)CSc2ncnc3ccccc23)c1. The van der Waals surface area contributed by atoms with Crippen LogP contribution in [0.15, 0.2) is 58.7 Å². The van der Waals surface area contributed by atoms with Gasteiger partial charge in [-0.25, -0.2) is 18.4 Å².